The molecule has 0 unspecified atom stereocenters. The Bertz CT molecular complexity index is 1320. The summed E-state index contributed by atoms with van der Waals surface area (Å²) in [5.74, 6) is -5.67. The topological polar surface area (TPSA) is 96.8 Å². The van der Waals surface area contributed by atoms with Crippen molar-refractivity contribution in [2.24, 2.45) is 0 Å². The van der Waals surface area contributed by atoms with Crippen LogP contribution in [0.1, 0.15) is 29.5 Å². The lowest BCUT2D eigenvalue weighted by atomic mass is 10.1. The van der Waals surface area contributed by atoms with Crippen molar-refractivity contribution in [3.63, 3.8) is 0 Å². The second-order valence-corrected chi connectivity index (χ2v) is 8.82. The zero-order valence-corrected chi connectivity index (χ0v) is 21.3. The number of nitrogen functional groups attached to an aromatic ring is 2. The minimum absolute atomic E-state index is 0.0606. The van der Waals surface area contributed by atoms with Crippen LogP contribution in [0.3, 0.4) is 0 Å². The van der Waals surface area contributed by atoms with E-state index in [-0.39, 0.29) is 18.1 Å². The Morgan fingerprint density at radius 1 is 0.805 bits per heavy atom. The Labute approximate surface area is 230 Å². The van der Waals surface area contributed by atoms with Crippen LogP contribution in [-0.4, -0.2) is 24.7 Å². The summed E-state index contributed by atoms with van der Waals surface area (Å²) in [5.41, 5.74) is 12.8. The molecular formula is C28H25F7N2O4. The number of hydrogen-bond acceptors (Lipinski definition) is 6. The molecule has 0 aliphatic carbocycles. The summed E-state index contributed by atoms with van der Waals surface area (Å²) in [5, 5.41) is 0. The van der Waals surface area contributed by atoms with E-state index in [0.717, 1.165) is 30.3 Å². The van der Waals surface area contributed by atoms with Crippen LogP contribution in [0.5, 0.6) is 11.5 Å². The molecule has 0 amide bonds. The maximum Gasteiger partial charge on any atom is 0.453 e. The minimum Gasteiger partial charge on any atom is -0.494 e. The molecule has 0 saturated carbocycles. The molecule has 0 bridgehead atoms. The third kappa shape index (κ3) is 9.33. The minimum atomic E-state index is -5.64. The molecule has 0 radical (unpaired) electrons. The lowest BCUT2D eigenvalue weighted by Crippen LogP contribution is -2.36. The molecule has 3 aromatic rings. The van der Waals surface area contributed by atoms with Crippen LogP contribution >= 0.6 is 0 Å². The number of carbonyl (C=O) groups is 1. The molecule has 3 rings (SSSR count). The van der Waals surface area contributed by atoms with E-state index >= 15 is 0 Å². The fraction of sp³-hybridized carbons (Fsp3) is 0.250. The summed E-state index contributed by atoms with van der Waals surface area (Å²) >= 11 is 0. The van der Waals surface area contributed by atoms with Crippen LogP contribution in [0.2, 0.25) is 0 Å². The number of benzene rings is 3. The Morgan fingerprint density at radius 2 is 1.39 bits per heavy atom. The second-order valence-electron chi connectivity index (χ2n) is 8.82. The van der Waals surface area contributed by atoms with Gasteiger partial charge in [0.1, 0.15) is 18.1 Å². The maximum atomic E-state index is 14.6. The zero-order chi connectivity index (χ0) is 30.3. The van der Waals surface area contributed by atoms with E-state index in [4.69, 9.17) is 25.7 Å². The van der Waals surface area contributed by atoms with Gasteiger partial charge < -0.3 is 25.7 Å². The van der Waals surface area contributed by atoms with E-state index in [1.54, 1.807) is 18.2 Å². The standard InChI is InChI=1S/C28H25F7N2O4/c29-26(30,28(33,34)35)12-1-13-39-23-7-9-24(10-8-23)41-27(31,32)20-5-2-18(3-6-20)4-11-25(38)40-17-19-14-21(36)16-22(37)15-19/h2-11,14-16H,1,12-13,17,36-37H2/b11-4+. The Morgan fingerprint density at radius 3 is 1.98 bits per heavy atom. The average molecular weight is 587 g/mol. The van der Waals surface area contributed by atoms with Crippen molar-refractivity contribution in [1.82, 2.24) is 0 Å². The number of nitrogens with two attached hydrogens (primary N) is 2. The van der Waals surface area contributed by atoms with Crippen molar-refractivity contribution in [1.29, 1.82) is 0 Å². The highest BCUT2D eigenvalue weighted by molar-refractivity contribution is 5.87. The van der Waals surface area contributed by atoms with Gasteiger partial charge in [0.15, 0.2) is 0 Å². The van der Waals surface area contributed by atoms with E-state index in [1.165, 1.54) is 30.3 Å². The first-order chi connectivity index (χ1) is 19.1. The molecule has 13 heteroatoms. The highest BCUT2D eigenvalue weighted by atomic mass is 19.4. The Kier molecular flexibility index (Phi) is 9.74. The number of esters is 1. The predicted molar refractivity (Wildman–Crippen MR) is 137 cm³/mol. The van der Waals surface area contributed by atoms with E-state index in [0.29, 0.717) is 22.5 Å². The largest absolute Gasteiger partial charge is 0.494 e. The van der Waals surface area contributed by atoms with Crippen LogP contribution in [0.4, 0.5) is 42.1 Å². The summed E-state index contributed by atoms with van der Waals surface area (Å²) in [6.45, 7) is -0.493. The van der Waals surface area contributed by atoms with Gasteiger partial charge in [-0.1, -0.05) is 12.1 Å². The Hall–Kier alpha value is -4.42. The molecule has 0 aliphatic rings. The second kappa shape index (κ2) is 12.8. The zero-order valence-electron chi connectivity index (χ0n) is 21.3. The molecular weight excluding hydrogens is 561 g/mol. The van der Waals surface area contributed by atoms with E-state index < -0.39 is 49.2 Å². The third-order valence-corrected chi connectivity index (χ3v) is 5.47. The molecule has 0 fully saturated rings. The number of carbonyl (C=O) groups excluding carboxylic acids is 1. The average Bonchev–Trinajstić information content (AvgIpc) is 2.88. The molecule has 3 aromatic carbocycles. The first-order valence-electron chi connectivity index (χ1n) is 12.0. The number of ether oxygens (including phenoxy) is 3. The quantitative estimate of drug-likeness (QED) is 0.0773. The van der Waals surface area contributed by atoms with Crippen molar-refractivity contribution in [3.8, 4) is 11.5 Å². The van der Waals surface area contributed by atoms with Gasteiger partial charge in [-0.2, -0.15) is 30.7 Å². The van der Waals surface area contributed by atoms with Crippen molar-refractivity contribution in [2.75, 3.05) is 18.1 Å². The van der Waals surface area contributed by atoms with Gasteiger partial charge in [0, 0.05) is 23.9 Å². The first-order valence-corrected chi connectivity index (χ1v) is 12.0. The van der Waals surface area contributed by atoms with E-state index in [2.05, 4.69) is 0 Å². The molecule has 0 heterocycles. The summed E-state index contributed by atoms with van der Waals surface area (Å²) in [6, 6.07) is 14.4. The van der Waals surface area contributed by atoms with Crippen LogP contribution in [-0.2, 0) is 22.2 Å². The van der Waals surface area contributed by atoms with Gasteiger partial charge >= 0.3 is 24.2 Å². The van der Waals surface area contributed by atoms with Crippen LogP contribution in [0, 0.1) is 0 Å². The van der Waals surface area contributed by atoms with Gasteiger partial charge in [-0.3, -0.25) is 0 Å². The van der Waals surface area contributed by atoms with Gasteiger partial charge in [-0.15, -0.1) is 0 Å². The van der Waals surface area contributed by atoms with Crippen molar-refractivity contribution in [2.45, 2.75) is 37.7 Å². The first kappa shape index (κ1) is 31.1. The summed E-state index contributed by atoms with van der Waals surface area (Å²) in [6.07, 6.45) is -8.90. The van der Waals surface area contributed by atoms with Crippen LogP contribution < -0.4 is 20.9 Å². The summed E-state index contributed by atoms with van der Waals surface area (Å²) < 4.78 is 107. The number of anilines is 2. The Balaban J connectivity index is 1.48. The highest BCUT2D eigenvalue weighted by Gasteiger charge is 2.56. The highest BCUT2D eigenvalue weighted by Crippen LogP contribution is 2.39. The molecule has 41 heavy (non-hydrogen) atoms. The molecule has 0 saturated heterocycles. The normalized spacial score (nSPS) is 12.4. The van der Waals surface area contributed by atoms with Crippen molar-refractivity contribution in [3.05, 3.63) is 89.5 Å². The molecule has 0 atom stereocenters. The van der Waals surface area contributed by atoms with Gasteiger partial charge in [0.2, 0.25) is 0 Å². The fourth-order valence-corrected chi connectivity index (χ4v) is 3.42. The summed E-state index contributed by atoms with van der Waals surface area (Å²) in [7, 11) is 0. The van der Waals surface area contributed by atoms with Crippen LogP contribution in [0.15, 0.2) is 72.8 Å². The predicted octanol–water partition coefficient (Wildman–Crippen LogP) is 7.09. The molecule has 220 valence electrons. The fourth-order valence-electron chi connectivity index (χ4n) is 3.42. The number of hydrogen-bond donors (Lipinski definition) is 2. The lowest BCUT2D eigenvalue weighted by molar-refractivity contribution is -0.284. The molecule has 0 aliphatic heterocycles. The monoisotopic (exact) mass is 586 g/mol. The van der Waals surface area contributed by atoms with E-state index in [1.807, 2.05) is 0 Å². The number of alkyl halides is 7. The van der Waals surface area contributed by atoms with Crippen molar-refractivity contribution < 1.29 is 49.7 Å². The lowest BCUT2D eigenvalue weighted by Gasteiger charge is -2.19. The van der Waals surface area contributed by atoms with Gasteiger partial charge in [0.25, 0.3) is 0 Å². The molecule has 4 N–H and O–H groups in total. The molecule has 6 nitrogen and oxygen atoms in total. The molecule has 0 aromatic heterocycles. The van der Waals surface area contributed by atoms with Gasteiger partial charge in [-0.25, -0.2) is 4.79 Å². The van der Waals surface area contributed by atoms with Gasteiger partial charge in [-0.05, 0) is 78.2 Å². The third-order valence-electron chi connectivity index (χ3n) is 5.47. The van der Waals surface area contributed by atoms with Crippen LogP contribution in [0.25, 0.3) is 6.08 Å². The maximum absolute atomic E-state index is 14.6. The summed E-state index contributed by atoms with van der Waals surface area (Å²) in [4.78, 5) is 12.0. The smallest absolute Gasteiger partial charge is 0.453 e. The van der Waals surface area contributed by atoms with Gasteiger partial charge in [0.05, 0.1) is 12.2 Å². The number of rotatable bonds is 12. The number of halogens is 7. The van der Waals surface area contributed by atoms with E-state index in [9.17, 15) is 35.5 Å². The van der Waals surface area contributed by atoms with Crippen molar-refractivity contribution >= 4 is 23.4 Å². The molecule has 0 spiro atoms. The SMILES string of the molecule is Nc1cc(N)cc(COC(=O)/C=C/c2ccc(C(F)(F)Oc3ccc(OCCCC(F)(F)C(F)(F)F)cc3)cc2)c1.